The molecule has 0 aliphatic heterocycles. The molecule has 2 rings (SSSR count). The molecule has 0 spiro atoms. The number of rotatable bonds is 6. The van der Waals surface area contributed by atoms with E-state index in [4.69, 9.17) is 10.8 Å². The quantitative estimate of drug-likeness (QED) is 0.707. The maximum atomic E-state index is 11.3. The van der Waals surface area contributed by atoms with Crippen LogP contribution in [0.25, 0.3) is 10.8 Å². The highest BCUT2D eigenvalue weighted by Crippen LogP contribution is 2.29. The minimum Gasteiger partial charge on any atom is -0.480 e. The molecule has 0 radical (unpaired) electrons. The van der Waals surface area contributed by atoms with Crippen LogP contribution in [0, 0.1) is 0 Å². The van der Waals surface area contributed by atoms with E-state index in [2.05, 4.69) is 0 Å². The number of aliphatic carboxylic acids is 2. The summed E-state index contributed by atoms with van der Waals surface area (Å²) in [5, 5.41) is 19.2. The van der Waals surface area contributed by atoms with Gasteiger partial charge in [-0.15, -0.1) is 11.8 Å². The van der Waals surface area contributed by atoms with Gasteiger partial charge in [0.1, 0.15) is 11.3 Å². The molecule has 2 aromatic carbocycles. The highest BCUT2D eigenvalue weighted by Gasteiger charge is 2.25. The van der Waals surface area contributed by atoms with Crippen molar-refractivity contribution in [3.8, 4) is 0 Å². The maximum absolute atomic E-state index is 11.3. The zero-order valence-corrected chi connectivity index (χ0v) is 11.9. The molecule has 2 unspecified atom stereocenters. The second-order valence-corrected chi connectivity index (χ2v) is 5.91. The van der Waals surface area contributed by atoms with E-state index in [1.165, 1.54) is 0 Å². The molecule has 0 aromatic heterocycles. The summed E-state index contributed by atoms with van der Waals surface area (Å²) in [5.41, 5.74) is 5.42. The Kier molecular flexibility index (Phi) is 4.82. The van der Waals surface area contributed by atoms with Crippen molar-refractivity contribution in [3.05, 3.63) is 42.5 Å². The van der Waals surface area contributed by atoms with Gasteiger partial charge in [0.2, 0.25) is 0 Å². The topological polar surface area (TPSA) is 101 Å². The summed E-state index contributed by atoms with van der Waals surface area (Å²) in [5.74, 6) is -2.26. The van der Waals surface area contributed by atoms with Gasteiger partial charge in [-0.05, 0) is 29.3 Å². The molecular weight excluding hydrogens is 290 g/mol. The average Bonchev–Trinajstić information content (AvgIpc) is 2.46. The Morgan fingerprint density at radius 2 is 1.71 bits per heavy atom. The number of hydrogen-bond acceptors (Lipinski definition) is 4. The van der Waals surface area contributed by atoms with Crippen molar-refractivity contribution in [1.82, 2.24) is 0 Å². The smallest absolute Gasteiger partial charge is 0.320 e. The van der Waals surface area contributed by atoms with Crippen LogP contribution in [0.15, 0.2) is 47.4 Å². The number of carbonyl (C=O) groups is 2. The fourth-order valence-electron chi connectivity index (χ4n) is 1.94. The molecule has 110 valence electrons. The summed E-state index contributed by atoms with van der Waals surface area (Å²) >= 11 is 1.11. The highest BCUT2D eigenvalue weighted by atomic mass is 32.2. The molecular formula is C15H15NO4S. The first-order valence-corrected chi connectivity index (χ1v) is 7.22. The molecule has 2 aromatic rings. The fourth-order valence-corrected chi connectivity index (χ4v) is 3.01. The predicted molar refractivity (Wildman–Crippen MR) is 81.5 cm³/mol. The summed E-state index contributed by atoms with van der Waals surface area (Å²) in [6.07, 6.45) is -0.123. The minimum atomic E-state index is -1.19. The van der Waals surface area contributed by atoms with Crippen molar-refractivity contribution < 1.29 is 19.8 Å². The molecule has 21 heavy (non-hydrogen) atoms. The average molecular weight is 305 g/mol. The van der Waals surface area contributed by atoms with E-state index in [0.29, 0.717) is 0 Å². The van der Waals surface area contributed by atoms with Gasteiger partial charge >= 0.3 is 11.9 Å². The van der Waals surface area contributed by atoms with Gasteiger partial charge in [0.25, 0.3) is 0 Å². The minimum absolute atomic E-state index is 0.123. The van der Waals surface area contributed by atoms with Crippen molar-refractivity contribution in [2.45, 2.75) is 22.6 Å². The van der Waals surface area contributed by atoms with E-state index >= 15 is 0 Å². The maximum Gasteiger partial charge on any atom is 0.320 e. The number of carboxylic acid groups (broad SMARTS) is 2. The number of carboxylic acids is 2. The van der Waals surface area contributed by atoms with Gasteiger partial charge in [-0.1, -0.05) is 30.3 Å². The van der Waals surface area contributed by atoms with Crippen LogP contribution in [0.4, 0.5) is 0 Å². The fraction of sp³-hybridized carbons (Fsp3) is 0.200. The lowest BCUT2D eigenvalue weighted by Gasteiger charge is -2.14. The molecule has 0 saturated heterocycles. The second kappa shape index (κ2) is 6.60. The molecule has 5 nitrogen and oxygen atoms in total. The van der Waals surface area contributed by atoms with Gasteiger partial charge in [0.05, 0.1) is 0 Å². The number of thioether (sulfide) groups is 1. The largest absolute Gasteiger partial charge is 0.480 e. The normalized spacial score (nSPS) is 13.8. The van der Waals surface area contributed by atoms with Gasteiger partial charge in [-0.2, -0.15) is 0 Å². The lowest BCUT2D eigenvalue weighted by Crippen LogP contribution is -2.35. The Morgan fingerprint density at radius 3 is 2.33 bits per heavy atom. The van der Waals surface area contributed by atoms with Crippen LogP contribution in [0.5, 0.6) is 0 Å². The number of benzene rings is 2. The number of nitrogens with two attached hydrogens (primary N) is 1. The first-order valence-electron chi connectivity index (χ1n) is 6.34. The monoisotopic (exact) mass is 305 g/mol. The Bertz CT molecular complexity index is 674. The first-order chi connectivity index (χ1) is 9.97. The Balaban J connectivity index is 2.18. The Morgan fingerprint density at radius 1 is 1.05 bits per heavy atom. The van der Waals surface area contributed by atoms with Crippen LogP contribution >= 0.6 is 11.8 Å². The molecule has 2 atom stereocenters. The summed E-state index contributed by atoms with van der Waals surface area (Å²) in [6, 6.07) is 12.2. The number of fused-ring (bicyclic) bond motifs is 1. The van der Waals surface area contributed by atoms with Gasteiger partial charge in [-0.25, -0.2) is 0 Å². The van der Waals surface area contributed by atoms with Crippen molar-refractivity contribution >= 4 is 34.5 Å². The van der Waals surface area contributed by atoms with Crippen LogP contribution in [-0.2, 0) is 9.59 Å². The van der Waals surface area contributed by atoms with Crippen LogP contribution < -0.4 is 5.73 Å². The highest BCUT2D eigenvalue weighted by molar-refractivity contribution is 8.00. The van der Waals surface area contributed by atoms with Crippen molar-refractivity contribution in [2.75, 3.05) is 0 Å². The van der Waals surface area contributed by atoms with Crippen LogP contribution in [-0.4, -0.2) is 33.4 Å². The molecule has 6 heteroatoms. The van der Waals surface area contributed by atoms with E-state index in [1.54, 1.807) is 0 Å². The van der Waals surface area contributed by atoms with E-state index in [-0.39, 0.29) is 6.42 Å². The van der Waals surface area contributed by atoms with Gasteiger partial charge in [0, 0.05) is 4.90 Å². The molecule has 4 N–H and O–H groups in total. The molecule has 0 fully saturated rings. The van der Waals surface area contributed by atoms with E-state index < -0.39 is 23.2 Å². The van der Waals surface area contributed by atoms with Crippen LogP contribution in [0.3, 0.4) is 0 Å². The predicted octanol–water partition coefficient (Wildman–Crippen LogP) is 2.19. The van der Waals surface area contributed by atoms with Gasteiger partial charge in [0.15, 0.2) is 0 Å². The van der Waals surface area contributed by atoms with Gasteiger partial charge in [-0.3, -0.25) is 9.59 Å². The third-order valence-corrected chi connectivity index (χ3v) is 4.26. The SMILES string of the molecule is NC(CC(Sc1ccc2ccccc2c1)C(=O)O)C(=O)O. The van der Waals surface area contributed by atoms with Gasteiger partial charge < -0.3 is 15.9 Å². The zero-order valence-electron chi connectivity index (χ0n) is 11.1. The summed E-state index contributed by atoms with van der Waals surface area (Å²) in [6.45, 7) is 0. The molecule has 0 amide bonds. The van der Waals surface area contributed by atoms with Crippen LogP contribution in [0.2, 0.25) is 0 Å². The van der Waals surface area contributed by atoms with E-state index in [0.717, 1.165) is 27.4 Å². The van der Waals surface area contributed by atoms with Crippen molar-refractivity contribution in [3.63, 3.8) is 0 Å². The van der Waals surface area contributed by atoms with E-state index in [1.807, 2.05) is 42.5 Å². The summed E-state index contributed by atoms with van der Waals surface area (Å²) in [7, 11) is 0. The van der Waals surface area contributed by atoms with Crippen LogP contribution in [0.1, 0.15) is 6.42 Å². The number of hydrogen-bond donors (Lipinski definition) is 3. The van der Waals surface area contributed by atoms with Crippen molar-refractivity contribution in [2.24, 2.45) is 5.73 Å². The third kappa shape index (κ3) is 3.96. The standard InChI is InChI=1S/C15H15NO4S/c16-12(14(17)18)8-13(15(19)20)21-11-6-5-9-3-1-2-4-10(9)7-11/h1-7,12-13H,8,16H2,(H,17,18)(H,19,20). The zero-order chi connectivity index (χ0) is 15.4. The molecule has 0 bridgehead atoms. The molecule has 0 heterocycles. The molecule has 0 saturated carbocycles. The summed E-state index contributed by atoms with van der Waals surface area (Å²) in [4.78, 5) is 22.8. The Hall–Kier alpha value is -2.05. The summed E-state index contributed by atoms with van der Waals surface area (Å²) < 4.78 is 0. The molecule has 0 aliphatic rings. The first kappa shape index (κ1) is 15.3. The third-order valence-electron chi connectivity index (χ3n) is 3.06. The molecule has 0 aliphatic carbocycles. The van der Waals surface area contributed by atoms with Crippen molar-refractivity contribution in [1.29, 1.82) is 0 Å². The lowest BCUT2D eigenvalue weighted by atomic mass is 10.1. The lowest BCUT2D eigenvalue weighted by molar-refractivity contribution is -0.139. The second-order valence-electron chi connectivity index (χ2n) is 4.63. The Labute approximate surface area is 125 Å². The van der Waals surface area contributed by atoms with E-state index in [9.17, 15) is 14.7 Å².